The summed E-state index contributed by atoms with van der Waals surface area (Å²) in [5, 5.41) is 7.12. The van der Waals surface area contributed by atoms with E-state index in [0.717, 1.165) is 11.8 Å². The highest BCUT2D eigenvalue weighted by Crippen LogP contribution is 2.36. The summed E-state index contributed by atoms with van der Waals surface area (Å²) in [6.07, 6.45) is -4.51. The molecule has 0 saturated carbocycles. The zero-order valence-corrected chi connectivity index (χ0v) is 19.4. The van der Waals surface area contributed by atoms with Crippen molar-refractivity contribution < 1.29 is 40.7 Å². The molecule has 1 N–H and O–H groups in total. The Morgan fingerprint density at radius 1 is 1.03 bits per heavy atom. The van der Waals surface area contributed by atoms with E-state index in [0.29, 0.717) is 13.0 Å². The number of carbonyl (C=O) groups excluding carboxylic acids is 1. The monoisotopic (exact) mass is 517 g/mol. The van der Waals surface area contributed by atoms with E-state index in [-0.39, 0.29) is 30.4 Å². The number of hydrogen-bond acceptors (Lipinski definition) is 5. The van der Waals surface area contributed by atoms with E-state index in [4.69, 9.17) is 9.90 Å². The second-order valence-corrected chi connectivity index (χ2v) is 10.1. The van der Waals surface area contributed by atoms with Gasteiger partial charge in [-0.1, -0.05) is 30.3 Å². The molecule has 2 fully saturated rings. The third-order valence-electron chi connectivity index (χ3n) is 6.00. The first-order valence-corrected chi connectivity index (χ1v) is 11.8. The quantitative estimate of drug-likeness (QED) is 0.629. The maximum atomic E-state index is 14.1. The third kappa shape index (κ3) is 5.63. The van der Waals surface area contributed by atoms with Crippen LogP contribution in [0.1, 0.15) is 6.42 Å². The van der Waals surface area contributed by atoms with Crippen molar-refractivity contribution in [1.82, 2.24) is 9.21 Å². The first-order chi connectivity index (χ1) is 16.3. The molecule has 0 aromatic heterocycles. The molecule has 1 amide bonds. The molecule has 4 rings (SSSR count). The zero-order chi connectivity index (χ0) is 26.0. The lowest BCUT2D eigenvalue weighted by Crippen LogP contribution is -2.64. The number of para-hydroxylation sites is 1. The van der Waals surface area contributed by atoms with Gasteiger partial charge in [0.15, 0.2) is 0 Å². The summed E-state index contributed by atoms with van der Waals surface area (Å²) in [5.41, 5.74) is 0.303. The predicted molar refractivity (Wildman–Crippen MR) is 118 cm³/mol. The van der Waals surface area contributed by atoms with Gasteiger partial charge in [0.25, 0.3) is 0 Å². The molecule has 2 aromatic rings. The Balaban J connectivity index is 0.000000429. The normalized spacial score (nSPS) is 21.6. The highest BCUT2D eigenvalue weighted by Gasteiger charge is 2.50. The number of anilines is 1. The van der Waals surface area contributed by atoms with Crippen molar-refractivity contribution in [3.05, 3.63) is 60.4 Å². The van der Waals surface area contributed by atoms with Crippen LogP contribution in [0.3, 0.4) is 0 Å². The number of carboxylic acids is 1. The van der Waals surface area contributed by atoms with Gasteiger partial charge in [-0.05, 0) is 37.7 Å². The number of carbonyl (C=O) groups is 2. The molecule has 13 heteroatoms. The van der Waals surface area contributed by atoms with Crippen LogP contribution >= 0.6 is 0 Å². The SMILES string of the molecule is CN1CC(=O)N(c2ccccc2)CC12CCN(S(=O)(=O)c1ccccc1F)C2.O=C(O)C(F)(F)F. The van der Waals surface area contributed by atoms with E-state index in [2.05, 4.69) is 0 Å². The van der Waals surface area contributed by atoms with Crippen LogP contribution in [0.4, 0.5) is 23.2 Å². The fourth-order valence-corrected chi connectivity index (χ4v) is 5.65. The van der Waals surface area contributed by atoms with E-state index in [1.807, 2.05) is 42.3 Å². The number of sulfonamides is 1. The van der Waals surface area contributed by atoms with E-state index in [1.165, 1.54) is 22.5 Å². The number of likely N-dealkylation sites (N-methyl/N-ethyl adjacent to an activating group) is 1. The predicted octanol–water partition coefficient (Wildman–Crippen LogP) is 2.57. The fraction of sp³-hybridized carbons (Fsp3) is 0.364. The molecule has 2 aliphatic heterocycles. The lowest BCUT2D eigenvalue weighted by molar-refractivity contribution is -0.192. The number of nitrogens with zero attached hydrogens (tertiary/aromatic N) is 3. The van der Waals surface area contributed by atoms with Crippen LogP contribution < -0.4 is 4.90 Å². The summed E-state index contributed by atoms with van der Waals surface area (Å²) in [6.45, 7) is 1.12. The first-order valence-electron chi connectivity index (χ1n) is 10.4. The zero-order valence-electron chi connectivity index (χ0n) is 18.6. The standard InChI is InChI=1S/C20H22FN3O3S.C2HF3O2/c1-22-13-19(25)24(16-7-3-2-4-8-16)15-20(22)11-12-23(14-20)28(26,27)18-10-6-5-9-17(18)21;3-2(4,5)1(6)7/h2-10H,11-15H2,1H3;(H,6,7). The molecule has 1 spiro atoms. The maximum absolute atomic E-state index is 14.1. The van der Waals surface area contributed by atoms with Crippen molar-refractivity contribution in [3.8, 4) is 0 Å². The second-order valence-electron chi connectivity index (χ2n) is 8.22. The number of piperazine rings is 1. The van der Waals surface area contributed by atoms with Crippen molar-refractivity contribution in [2.75, 3.05) is 38.1 Å². The highest BCUT2D eigenvalue weighted by atomic mass is 32.2. The number of carboxylic acid groups (broad SMARTS) is 1. The smallest absolute Gasteiger partial charge is 0.475 e. The molecule has 2 heterocycles. The van der Waals surface area contributed by atoms with Crippen LogP contribution in [-0.2, 0) is 19.6 Å². The van der Waals surface area contributed by atoms with Gasteiger partial charge in [0.05, 0.1) is 12.1 Å². The third-order valence-corrected chi connectivity index (χ3v) is 7.88. The highest BCUT2D eigenvalue weighted by molar-refractivity contribution is 7.89. The summed E-state index contributed by atoms with van der Waals surface area (Å²) in [6, 6.07) is 14.8. The maximum Gasteiger partial charge on any atom is 0.490 e. The van der Waals surface area contributed by atoms with Crippen LogP contribution in [0.2, 0.25) is 0 Å². The van der Waals surface area contributed by atoms with Gasteiger partial charge in [-0.3, -0.25) is 9.69 Å². The second kappa shape index (κ2) is 9.91. The number of amides is 1. The Morgan fingerprint density at radius 3 is 2.17 bits per heavy atom. The van der Waals surface area contributed by atoms with Crippen LogP contribution in [0.15, 0.2) is 59.5 Å². The summed E-state index contributed by atoms with van der Waals surface area (Å²) < 4.78 is 73.2. The molecule has 1 unspecified atom stereocenters. The van der Waals surface area contributed by atoms with Gasteiger partial charge < -0.3 is 10.0 Å². The lowest BCUT2D eigenvalue weighted by Gasteiger charge is -2.46. The Kier molecular flexibility index (Phi) is 7.53. The summed E-state index contributed by atoms with van der Waals surface area (Å²) in [7, 11) is -2.09. The molecular weight excluding hydrogens is 494 g/mol. The summed E-state index contributed by atoms with van der Waals surface area (Å²) in [4.78, 5) is 24.8. The average Bonchev–Trinajstić information content (AvgIpc) is 3.23. The van der Waals surface area contributed by atoms with Crippen molar-refractivity contribution in [2.45, 2.75) is 23.0 Å². The van der Waals surface area contributed by atoms with Gasteiger partial charge >= 0.3 is 12.1 Å². The lowest BCUT2D eigenvalue weighted by atomic mass is 9.92. The molecule has 35 heavy (non-hydrogen) atoms. The van der Waals surface area contributed by atoms with Crippen molar-refractivity contribution in [3.63, 3.8) is 0 Å². The minimum atomic E-state index is -5.08. The van der Waals surface area contributed by atoms with Gasteiger partial charge in [0, 0.05) is 25.3 Å². The van der Waals surface area contributed by atoms with Gasteiger partial charge in [0.2, 0.25) is 15.9 Å². The molecule has 2 aliphatic rings. The molecule has 2 aromatic carbocycles. The molecule has 190 valence electrons. The molecule has 2 saturated heterocycles. The van der Waals surface area contributed by atoms with Crippen molar-refractivity contribution in [2.24, 2.45) is 0 Å². The van der Waals surface area contributed by atoms with Crippen LogP contribution in [-0.4, -0.2) is 79.5 Å². The van der Waals surface area contributed by atoms with Gasteiger partial charge in [-0.25, -0.2) is 17.6 Å². The number of hydrogen-bond donors (Lipinski definition) is 1. The number of alkyl halides is 3. The van der Waals surface area contributed by atoms with Crippen molar-refractivity contribution >= 4 is 27.6 Å². The Morgan fingerprint density at radius 2 is 1.60 bits per heavy atom. The molecule has 0 aliphatic carbocycles. The minimum absolute atomic E-state index is 0.0188. The first kappa shape index (κ1) is 26.6. The number of halogens is 4. The average molecular weight is 518 g/mol. The van der Waals surface area contributed by atoms with Crippen LogP contribution in [0.25, 0.3) is 0 Å². The molecule has 0 bridgehead atoms. The van der Waals surface area contributed by atoms with Gasteiger partial charge in [0.1, 0.15) is 10.7 Å². The molecule has 1 atom stereocenters. The van der Waals surface area contributed by atoms with Crippen LogP contribution in [0, 0.1) is 5.82 Å². The topological polar surface area (TPSA) is 98.2 Å². The van der Waals surface area contributed by atoms with E-state index in [1.54, 1.807) is 4.90 Å². The Bertz CT molecular complexity index is 1190. The fourth-order valence-electron chi connectivity index (χ4n) is 4.06. The van der Waals surface area contributed by atoms with E-state index in [9.17, 15) is 30.8 Å². The largest absolute Gasteiger partial charge is 0.490 e. The summed E-state index contributed by atoms with van der Waals surface area (Å²) >= 11 is 0. The van der Waals surface area contributed by atoms with E-state index >= 15 is 0 Å². The Hall–Kier alpha value is -3.03. The van der Waals surface area contributed by atoms with Crippen LogP contribution in [0.5, 0.6) is 0 Å². The molecular formula is C22H23F4N3O5S. The van der Waals surface area contributed by atoms with E-state index < -0.39 is 33.5 Å². The number of aliphatic carboxylic acids is 1. The van der Waals surface area contributed by atoms with Crippen molar-refractivity contribution in [1.29, 1.82) is 0 Å². The van der Waals surface area contributed by atoms with Gasteiger partial charge in [-0.2, -0.15) is 17.5 Å². The Labute approximate surface area is 199 Å². The number of rotatable bonds is 3. The van der Waals surface area contributed by atoms with Gasteiger partial charge in [-0.15, -0.1) is 0 Å². The summed E-state index contributed by atoms with van der Waals surface area (Å²) in [5.74, 6) is -3.52. The molecule has 8 nitrogen and oxygen atoms in total. The minimum Gasteiger partial charge on any atom is -0.475 e. The number of benzene rings is 2. The molecule has 0 radical (unpaired) electrons.